The van der Waals surface area contributed by atoms with Crippen LogP contribution in [0.15, 0.2) is 12.1 Å². The Morgan fingerprint density at radius 3 is 2.36 bits per heavy atom. The maximum absolute atomic E-state index is 11.0. The topological polar surface area (TPSA) is 61.5 Å². The van der Waals surface area contributed by atoms with Gasteiger partial charge in [-0.3, -0.25) is 4.79 Å². The summed E-state index contributed by atoms with van der Waals surface area (Å²) in [6.07, 6.45) is 0. The Morgan fingerprint density at radius 1 is 1.29 bits per heavy atom. The molecule has 1 amide bonds. The Morgan fingerprint density at radius 2 is 1.93 bits per heavy atom. The van der Waals surface area contributed by atoms with Crippen molar-refractivity contribution in [1.82, 2.24) is 0 Å². The van der Waals surface area contributed by atoms with Crippen LogP contribution in [0.4, 0.5) is 0 Å². The number of nitrogens with two attached hydrogens (primary N) is 1. The molecule has 0 aliphatic rings. The van der Waals surface area contributed by atoms with Gasteiger partial charge in [0, 0.05) is 11.1 Å². The third kappa shape index (κ3) is 1.64. The molecule has 0 saturated heterocycles. The molecular weight excluding hydrogens is 182 g/mol. The van der Waals surface area contributed by atoms with Gasteiger partial charge in [-0.2, -0.15) is 0 Å². The molecule has 76 valence electrons. The maximum Gasteiger partial charge on any atom is 0.249 e. The van der Waals surface area contributed by atoms with Crippen LogP contribution in [-0.4, -0.2) is 20.1 Å². The highest BCUT2D eigenvalue weighted by atomic mass is 16.5. The summed E-state index contributed by atoms with van der Waals surface area (Å²) >= 11 is 0. The molecule has 2 N–H and O–H groups in total. The fourth-order valence-electron chi connectivity index (χ4n) is 1.35. The monoisotopic (exact) mass is 195 g/mol. The van der Waals surface area contributed by atoms with E-state index in [1.807, 2.05) is 0 Å². The summed E-state index contributed by atoms with van der Waals surface area (Å²) < 4.78 is 10.2. The number of methoxy groups -OCH3 is 2. The first-order valence-corrected chi connectivity index (χ1v) is 4.13. The lowest BCUT2D eigenvalue weighted by Crippen LogP contribution is -2.13. The first kappa shape index (κ1) is 10.4. The second kappa shape index (κ2) is 4.00. The van der Waals surface area contributed by atoms with Gasteiger partial charge in [-0.25, -0.2) is 0 Å². The van der Waals surface area contributed by atoms with Crippen LogP contribution in [-0.2, 0) is 0 Å². The summed E-state index contributed by atoms with van der Waals surface area (Å²) in [5, 5.41) is 0. The van der Waals surface area contributed by atoms with Crippen LogP contribution in [0, 0.1) is 6.92 Å². The molecule has 0 fully saturated rings. The second-order valence-corrected chi connectivity index (χ2v) is 2.84. The van der Waals surface area contributed by atoms with E-state index in [1.54, 1.807) is 26.2 Å². The number of hydrogen-bond donors (Lipinski definition) is 1. The van der Waals surface area contributed by atoms with E-state index < -0.39 is 5.91 Å². The average molecular weight is 195 g/mol. The van der Waals surface area contributed by atoms with Gasteiger partial charge in [-0.1, -0.05) is 0 Å². The van der Waals surface area contributed by atoms with Gasteiger partial charge in [0.2, 0.25) is 5.91 Å². The molecule has 14 heavy (non-hydrogen) atoms. The lowest BCUT2D eigenvalue weighted by molar-refractivity contribution is 0.0999. The smallest absolute Gasteiger partial charge is 0.249 e. The zero-order chi connectivity index (χ0) is 10.7. The van der Waals surface area contributed by atoms with E-state index in [9.17, 15) is 4.79 Å². The lowest BCUT2D eigenvalue weighted by Gasteiger charge is -2.12. The van der Waals surface area contributed by atoms with Gasteiger partial charge < -0.3 is 15.2 Å². The van der Waals surface area contributed by atoms with Gasteiger partial charge in [-0.15, -0.1) is 0 Å². The Hall–Kier alpha value is -1.71. The van der Waals surface area contributed by atoms with Crippen LogP contribution in [0.3, 0.4) is 0 Å². The number of ether oxygens (including phenoxy) is 2. The highest BCUT2D eigenvalue weighted by Gasteiger charge is 2.13. The van der Waals surface area contributed by atoms with E-state index in [0.717, 1.165) is 0 Å². The summed E-state index contributed by atoms with van der Waals surface area (Å²) in [7, 11) is 3.07. The first-order chi connectivity index (χ1) is 6.61. The molecule has 4 nitrogen and oxygen atoms in total. The number of rotatable bonds is 3. The molecule has 1 rings (SSSR count). The van der Waals surface area contributed by atoms with Gasteiger partial charge in [0.05, 0.1) is 14.2 Å². The summed E-state index contributed by atoms with van der Waals surface area (Å²) in [4.78, 5) is 11.0. The molecule has 0 heterocycles. The molecule has 0 bridgehead atoms. The molecule has 0 aliphatic carbocycles. The minimum atomic E-state index is -0.469. The maximum atomic E-state index is 11.0. The molecule has 0 aliphatic heterocycles. The van der Waals surface area contributed by atoms with E-state index in [0.29, 0.717) is 22.6 Å². The Balaban J connectivity index is 3.34. The third-order valence-corrected chi connectivity index (χ3v) is 2.06. The molecule has 0 radical (unpaired) electrons. The average Bonchev–Trinajstić information content (AvgIpc) is 2.16. The molecule has 4 heteroatoms. The molecule has 1 aromatic carbocycles. The van der Waals surface area contributed by atoms with E-state index in [1.165, 1.54) is 7.11 Å². The van der Waals surface area contributed by atoms with Crippen molar-refractivity contribution in [3.63, 3.8) is 0 Å². The fraction of sp³-hybridized carbons (Fsp3) is 0.300. The van der Waals surface area contributed by atoms with Crippen LogP contribution in [0.1, 0.15) is 15.9 Å². The standard InChI is InChI=1S/C10H13NO3/c1-6-7(10(11)12)4-5-8(13-2)9(6)14-3/h4-5H,1-3H3,(H2,11,12). The SMILES string of the molecule is COc1ccc(C(N)=O)c(C)c1OC. The molecule has 0 atom stereocenters. The number of primary amides is 1. The molecule has 0 aromatic heterocycles. The second-order valence-electron chi connectivity index (χ2n) is 2.84. The van der Waals surface area contributed by atoms with Crippen molar-refractivity contribution in [2.45, 2.75) is 6.92 Å². The first-order valence-electron chi connectivity index (χ1n) is 4.13. The van der Waals surface area contributed by atoms with Crippen LogP contribution < -0.4 is 15.2 Å². The highest BCUT2D eigenvalue weighted by Crippen LogP contribution is 2.32. The Labute approximate surface area is 82.6 Å². The van der Waals surface area contributed by atoms with Gasteiger partial charge in [0.25, 0.3) is 0 Å². The highest BCUT2D eigenvalue weighted by molar-refractivity contribution is 5.95. The van der Waals surface area contributed by atoms with E-state index >= 15 is 0 Å². The van der Waals surface area contributed by atoms with Crippen molar-refractivity contribution >= 4 is 5.91 Å². The van der Waals surface area contributed by atoms with Crippen LogP contribution in [0.2, 0.25) is 0 Å². The summed E-state index contributed by atoms with van der Waals surface area (Å²) in [6.45, 7) is 1.77. The normalized spacial score (nSPS) is 9.64. The number of amides is 1. The number of hydrogen-bond acceptors (Lipinski definition) is 3. The van der Waals surface area contributed by atoms with Gasteiger partial charge in [0.1, 0.15) is 0 Å². The fourth-order valence-corrected chi connectivity index (χ4v) is 1.35. The van der Waals surface area contributed by atoms with Gasteiger partial charge in [0.15, 0.2) is 11.5 Å². The van der Waals surface area contributed by atoms with Crippen molar-refractivity contribution < 1.29 is 14.3 Å². The molecule has 0 spiro atoms. The third-order valence-electron chi connectivity index (χ3n) is 2.06. The van der Waals surface area contributed by atoms with Crippen molar-refractivity contribution in [3.05, 3.63) is 23.3 Å². The van der Waals surface area contributed by atoms with Gasteiger partial charge >= 0.3 is 0 Å². The van der Waals surface area contributed by atoms with Gasteiger partial charge in [-0.05, 0) is 19.1 Å². The van der Waals surface area contributed by atoms with E-state index in [2.05, 4.69) is 0 Å². The minimum Gasteiger partial charge on any atom is -0.493 e. The van der Waals surface area contributed by atoms with E-state index in [-0.39, 0.29) is 0 Å². The largest absolute Gasteiger partial charge is 0.493 e. The quantitative estimate of drug-likeness (QED) is 0.785. The molecule has 1 aromatic rings. The summed E-state index contributed by atoms with van der Waals surface area (Å²) in [5.74, 6) is 0.669. The van der Waals surface area contributed by atoms with Crippen LogP contribution in [0.5, 0.6) is 11.5 Å². The van der Waals surface area contributed by atoms with Crippen molar-refractivity contribution in [3.8, 4) is 11.5 Å². The van der Waals surface area contributed by atoms with Crippen molar-refractivity contribution in [1.29, 1.82) is 0 Å². The summed E-state index contributed by atoms with van der Waals surface area (Å²) in [5.41, 5.74) is 6.34. The number of carbonyl (C=O) groups excluding carboxylic acids is 1. The Kier molecular flexibility index (Phi) is 2.96. The molecule has 0 saturated carbocycles. The van der Waals surface area contributed by atoms with Crippen LogP contribution in [0.25, 0.3) is 0 Å². The lowest BCUT2D eigenvalue weighted by atomic mass is 10.1. The van der Waals surface area contributed by atoms with E-state index in [4.69, 9.17) is 15.2 Å². The predicted octanol–water partition coefficient (Wildman–Crippen LogP) is 1.11. The zero-order valence-electron chi connectivity index (χ0n) is 8.46. The molecule has 0 unspecified atom stereocenters. The summed E-state index contributed by atoms with van der Waals surface area (Å²) in [6, 6.07) is 3.28. The minimum absolute atomic E-state index is 0.447. The number of carbonyl (C=O) groups is 1. The molecular formula is C10H13NO3. The predicted molar refractivity (Wildman–Crippen MR) is 52.8 cm³/mol. The van der Waals surface area contributed by atoms with Crippen LogP contribution >= 0.6 is 0 Å². The Bertz CT molecular complexity index is 361. The van der Waals surface area contributed by atoms with Crippen molar-refractivity contribution in [2.24, 2.45) is 5.73 Å². The number of benzene rings is 1. The van der Waals surface area contributed by atoms with Crippen molar-refractivity contribution in [2.75, 3.05) is 14.2 Å². The zero-order valence-corrected chi connectivity index (χ0v) is 8.46.